The van der Waals surface area contributed by atoms with Gasteiger partial charge in [0, 0.05) is 30.6 Å². The van der Waals surface area contributed by atoms with Crippen LogP contribution in [0.4, 0.5) is 0 Å². The highest BCUT2D eigenvalue weighted by Gasteiger charge is 2.41. The van der Waals surface area contributed by atoms with Crippen molar-refractivity contribution < 1.29 is 14.7 Å². The van der Waals surface area contributed by atoms with Crippen LogP contribution >= 0.6 is 11.3 Å². The van der Waals surface area contributed by atoms with Crippen molar-refractivity contribution in [1.29, 1.82) is 0 Å². The standard InChI is InChI=1S/C14H20N2O3S/c1-10-8-20-11(15-10)4-3-5-12(17)16-7-6-14(2,9-16)13(18)19/h8H,3-7,9H2,1-2H3,(H,18,19). The lowest BCUT2D eigenvalue weighted by atomic mass is 9.90. The fourth-order valence-electron chi connectivity index (χ4n) is 2.42. The molecule has 0 radical (unpaired) electrons. The second-order valence-electron chi connectivity index (χ2n) is 5.67. The maximum atomic E-state index is 12.1. The number of likely N-dealkylation sites (tertiary alicyclic amines) is 1. The van der Waals surface area contributed by atoms with Crippen LogP contribution in [0.3, 0.4) is 0 Å². The first-order valence-corrected chi connectivity index (χ1v) is 7.71. The minimum Gasteiger partial charge on any atom is -0.481 e. The second-order valence-corrected chi connectivity index (χ2v) is 6.61. The maximum Gasteiger partial charge on any atom is 0.311 e. The van der Waals surface area contributed by atoms with Gasteiger partial charge in [-0.05, 0) is 33.1 Å². The third-order valence-electron chi connectivity index (χ3n) is 3.79. The highest BCUT2D eigenvalue weighted by Crippen LogP contribution is 2.30. The summed E-state index contributed by atoms with van der Waals surface area (Å²) in [5.41, 5.74) is 0.246. The Bertz CT molecular complexity index is 514. The van der Waals surface area contributed by atoms with E-state index in [1.54, 1.807) is 23.2 Å². The van der Waals surface area contributed by atoms with Crippen molar-refractivity contribution >= 4 is 23.2 Å². The number of hydrogen-bond acceptors (Lipinski definition) is 4. The zero-order chi connectivity index (χ0) is 14.8. The first-order valence-electron chi connectivity index (χ1n) is 6.83. The number of aromatic nitrogens is 1. The van der Waals surface area contributed by atoms with Crippen molar-refractivity contribution in [3.63, 3.8) is 0 Å². The summed E-state index contributed by atoms with van der Waals surface area (Å²) in [7, 11) is 0. The van der Waals surface area contributed by atoms with Crippen LogP contribution in [0, 0.1) is 12.3 Å². The molecular weight excluding hydrogens is 276 g/mol. The van der Waals surface area contributed by atoms with Crippen LogP contribution in [-0.2, 0) is 16.0 Å². The zero-order valence-electron chi connectivity index (χ0n) is 11.9. The summed E-state index contributed by atoms with van der Waals surface area (Å²) < 4.78 is 0. The first-order chi connectivity index (χ1) is 9.40. The zero-order valence-corrected chi connectivity index (χ0v) is 12.7. The molecule has 0 aromatic carbocycles. The van der Waals surface area contributed by atoms with Crippen LogP contribution in [-0.4, -0.2) is 40.0 Å². The summed E-state index contributed by atoms with van der Waals surface area (Å²) in [5, 5.41) is 12.2. The number of carboxylic acids is 1. The molecule has 6 heteroatoms. The van der Waals surface area contributed by atoms with Gasteiger partial charge in [-0.15, -0.1) is 11.3 Å². The van der Waals surface area contributed by atoms with E-state index in [1.807, 2.05) is 12.3 Å². The average molecular weight is 296 g/mol. The number of thiazole rings is 1. The predicted molar refractivity (Wildman–Crippen MR) is 76.7 cm³/mol. The Kier molecular flexibility index (Phi) is 4.42. The molecule has 1 N–H and O–H groups in total. The molecule has 1 fully saturated rings. The lowest BCUT2D eigenvalue weighted by molar-refractivity contribution is -0.147. The Labute approximate surface area is 122 Å². The fourth-order valence-corrected chi connectivity index (χ4v) is 3.23. The Balaban J connectivity index is 1.77. The van der Waals surface area contributed by atoms with E-state index in [1.165, 1.54) is 0 Å². The molecule has 0 saturated carbocycles. The van der Waals surface area contributed by atoms with Crippen molar-refractivity contribution in [1.82, 2.24) is 9.88 Å². The molecule has 5 nitrogen and oxygen atoms in total. The minimum atomic E-state index is -0.814. The van der Waals surface area contributed by atoms with E-state index in [0.717, 1.165) is 23.5 Å². The van der Waals surface area contributed by atoms with Gasteiger partial charge in [-0.1, -0.05) is 0 Å². The van der Waals surface area contributed by atoms with Crippen molar-refractivity contribution in [2.75, 3.05) is 13.1 Å². The number of aryl methyl sites for hydroxylation is 2. The minimum absolute atomic E-state index is 0.0586. The topological polar surface area (TPSA) is 70.5 Å². The number of carboxylic acid groups (broad SMARTS) is 1. The van der Waals surface area contributed by atoms with Crippen LogP contribution in [0.1, 0.15) is 36.9 Å². The predicted octanol–water partition coefficient (Wildman–Crippen LogP) is 2.10. The molecule has 0 spiro atoms. The van der Waals surface area contributed by atoms with Crippen molar-refractivity contribution in [2.45, 2.75) is 39.5 Å². The van der Waals surface area contributed by atoms with Crippen molar-refractivity contribution in [3.05, 3.63) is 16.1 Å². The Morgan fingerprint density at radius 1 is 1.55 bits per heavy atom. The van der Waals surface area contributed by atoms with E-state index in [9.17, 15) is 9.59 Å². The molecule has 1 aromatic rings. The molecule has 0 aliphatic carbocycles. The van der Waals surface area contributed by atoms with Crippen LogP contribution in [0.15, 0.2) is 5.38 Å². The van der Waals surface area contributed by atoms with Gasteiger partial charge in [0.25, 0.3) is 0 Å². The number of hydrogen-bond donors (Lipinski definition) is 1. The summed E-state index contributed by atoms with van der Waals surface area (Å²) >= 11 is 1.62. The van der Waals surface area contributed by atoms with Gasteiger partial charge in [0.05, 0.1) is 10.4 Å². The van der Waals surface area contributed by atoms with Crippen LogP contribution in [0.25, 0.3) is 0 Å². The number of rotatable bonds is 5. The number of amides is 1. The van der Waals surface area contributed by atoms with Crippen LogP contribution in [0.2, 0.25) is 0 Å². The number of carbonyl (C=O) groups excluding carboxylic acids is 1. The molecule has 1 atom stereocenters. The van der Waals surface area contributed by atoms with Gasteiger partial charge in [-0.2, -0.15) is 0 Å². The van der Waals surface area contributed by atoms with Crippen LogP contribution < -0.4 is 0 Å². The normalized spacial score (nSPS) is 22.2. The molecule has 2 heterocycles. The second kappa shape index (κ2) is 5.91. The van der Waals surface area contributed by atoms with Crippen molar-refractivity contribution in [3.8, 4) is 0 Å². The van der Waals surface area contributed by atoms with Gasteiger partial charge in [0.15, 0.2) is 0 Å². The molecule has 1 saturated heterocycles. The summed E-state index contributed by atoms with van der Waals surface area (Å²) in [6.45, 7) is 4.55. The summed E-state index contributed by atoms with van der Waals surface area (Å²) in [6.07, 6.45) is 2.59. The van der Waals surface area contributed by atoms with Gasteiger partial charge < -0.3 is 10.0 Å². The maximum absolute atomic E-state index is 12.1. The molecule has 0 bridgehead atoms. The Morgan fingerprint density at radius 2 is 2.30 bits per heavy atom. The monoisotopic (exact) mass is 296 g/mol. The lowest BCUT2D eigenvalue weighted by Crippen LogP contribution is -2.34. The van der Waals surface area contributed by atoms with E-state index in [0.29, 0.717) is 25.9 Å². The van der Waals surface area contributed by atoms with Gasteiger partial charge >= 0.3 is 5.97 Å². The third-order valence-corrected chi connectivity index (χ3v) is 4.82. The molecular formula is C14H20N2O3S. The number of carbonyl (C=O) groups is 2. The molecule has 1 aromatic heterocycles. The largest absolute Gasteiger partial charge is 0.481 e. The van der Waals surface area contributed by atoms with E-state index >= 15 is 0 Å². The first kappa shape index (κ1) is 15.0. The Hall–Kier alpha value is -1.43. The number of nitrogens with zero attached hydrogens (tertiary/aromatic N) is 2. The molecule has 1 aliphatic rings. The molecule has 20 heavy (non-hydrogen) atoms. The average Bonchev–Trinajstić information content (AvgIpc) is 2.97. The van der Waals surface area contributed by atoms with Gasteiger partial charge in [-0.25, -0.2) is 4.98 Å². The molecule has 1 aliphatic heterocycles. The van der Waals surface area contributed by atoms with E-state index in [-0.39, 0.29) is 5.91 Å². The lowest BCUT2D eigenvalue weighted by Gasteiger charge is -2.20. The van der Waals surface area contributed by atoms with Gasteiger partial charge in [0.2, 0.25) is 5.91 Å². The van der Waals surface area contributed by atoms with Crippen LogP contribution in [0.5, 0.6) is 0 Å². The molecule has 110 valence electrons. The number of aliphatic carboxylic acids is 1. The third kappa shape index (κ3) is 3.36. The highest BCUT2D eigenvalue weighted by molar-refractivity contribution is 7.09. The molecule has 1 unspecified atom stereocenters. The Morgan fingerprint density at radius 3 is 2.85 bits per heavy atom. The molecule has 2 rings (SSSR count). The van der Waals surface area contributed by atoms with E-state index < -0.39 is 11.4 Å². The smallest absolute Gasteiger partial charge is 0.311 e. The van der Waals surface area contributed by atoms with Gasteiger partial charge in [0.1, 0.15) is 0 Å². The summed E-state index contributed by atoms with van der Waals surface area (Å²) in [5.74, 6) is -0.755. The summed E-state index contributed by atoms with van der Waals surface area (Å²) in [6, 6.07) is 0. The quantitative estimate of drug-likeness (QED) is 0.903. The SMILES string of the molecule is Cc1csc(CCCC(=O)N2CCC(C)(C(=O)O)C2)n1. The highest BCUT2D eigenvalue weighted by atomic mass is 32.1. The van der Waals surface area contributed by atoms with Gasteiger partial charge in [-0.3, -0.25) is 9.59 Å². The van der Waals surface area contributed by atoms with Crippen molar-refractivity contribution in [2.24, 2.45) is 5.41 Å². The summed E-state index contributed by atoms with van der Waals surface area (Å²) in [4.78, 5) is 29.3. The van der Waals surface area contributed by atoms with E-state index in [4.69, 9.17) is 5.11 Å². The van der Waals surface area contributed by atoms with E-state index in [2.05, 4.69) is 4.98 Å². The molecule has 1 amide bonds. The fraction of sp³-hybridized carbons (Fsp3) is 0.643.